The van der Waals surface area contributed by atoms with Gasteiger partial charge in [0, 0.05) is 25.2 Å². The number of nitrogens with two attached hydrogens (primary N) is 1. The monoisotopic (exact) mass is 200 g/mol. The molecule has 0 aromatic heterocycles. The van der Waals surface area contributed by atoms with Crippen molar-refractivity contribution in [3.63, 3.8) is 0 Å². The Balaban J connectivity index is 2.10. The highest BCUT2D eigenvalue weighted by molar-refractivity contribution is 4.80. The van der Waals surface area contributed by atoms with Gasteiger partial charge >= 0.3 is 0 Å². The predicted octanol–water partition coefficient (Wildman–Crippen LogP) is 1.27. The Morgan fingerprint density at radius 1 is 1.50 bits per heavy atom. The Morgan fingerprint density at radius 3 is 2.93 bits per heavy atom. The van der Waals surface area contributed by atoms with Crippen LogP contribution in [0, 0.1) is 0 Å². The summed E-state index contributed by atoms with van der Waals surface area (Å²) in [6, 6.07) is 1.02. The molecule has 0 radical (unpaired) electrons. The molecular formula is C11H24N2O. The number of nitrogens with one attached hydrogen (secondary N) is 1. The molecule has 1 fully saturated rings. The fourth-order valence-electron chi connectivity index (χ4n) is 2.09. The fraction of sp³-hybridized carbons (Fsp3) is 1.00. The van der Waals surface area contributed by atoms with Crippen molar-refractivity contribution < 1.29 is 4.74 Å². The maximum atomic E-state index is 5.92. The quantitative estimate of drug-likeness (QED) is 0.702. The minimum absolute atomic E-state index is 0.318. The smallest absolute Gasteiger partial charge is 0.0671 e. The van der Waals surface area contributed by atoms with Crippen LogP contribution in [0.4, 0.5) is 0 Å². The van der Waals surface area contributed by atoms with Crippen molar-refractivity contribution in [2.45, 2.75) is 57.7 Å². The van der Waals surface area contributed by atoms with Gasteiger partial charge in [-0.05, 0) is 33.1 Å². The first-order valence-electron chi connectivity index (χ1n) is 5.83. The molecule has 0 spiro atoms. The third-order valence-corrected chi connectivity index (χ3v) is 2.86. The zero-order valence-corrected chi connectivity index (χ0v) is 9.46. The summed E-state index contributed by atoms with van der Waals surface area (Å²) in [6.07, 6.45) is 5.17. The van der Waals surface area contributed by atoms with E-state index >= 15 is 0 Å². The van der Waals surface area contributed by atoms with Crippen LogP contribution in [0.1, 0.15) is 39.5 Å². The Bertz CT molecular complexity index is 152. The average molecular weight is 200 g/mol. The van der Waals surface area contributed by atoms with Crippen LogP contribution in [0.5, 0.6) is 0 Å². The number of hydrogen-bond donors (Lipinski definition) is 2. The summed E-state index contributed by atoms with van der Waals surface area (Å²) in [4.78, 5) is 0. The van der Waals surface area contributed by atoms with Gasteiger partial charge in [0.1, 0.15) is 0 Å². The molecule has 84 valence electrons. The van der Waals surface area contributed by atoms with Crippen molar-refractivity contribution >= 4 is 0 Å². The summed E-state index contributed by atoms with van der Waals surface area (Å²) in [7, 11) is 0. The topological polar surface area (TPSA) is 47.3 Å². The zero-order chi connectivity index (χ0) is 10.4. The second-order valence-corrected chi connectivity index (χ2v) is 4.30. The largest absolute Gasteiger partial charge is 0.377 e. The molecule has 0 amide bonds. The van der Waals surface area contributed by atoms with Gasteiger partial charge in [0.05, 0.1) is 6.10 Å². The van der Waals surface area contributed by atoms with Crippen LogP contribution in [0.2, 0.25) is 0 Å². The molecule has 0 aliphatic heterocycles. The Hall–Kier alpha value is -0.120. The lowest BCUT2D eigenvalue weighted by Crippen LogP contribution is -2.42. The van der Waals surface area contributed by atoms with E-state index < -0.39 is 0 Å². The van der Waals surface area contributed by atoms with E-state index in [0.29, 0.717) is 18.2 Å². The van der Waals surface area contributed by atoms with E-state index in [9.17, 15) is 0 Å². The molecule has 0 aromatic rings. The van der Waals surface area contributed by atoms with E-state index in [2.05, 4.69) is 12.2 Å². The molecule has 14 heavy (non-hydrogen) atoms. The lowest BCUT2D eigenvalue weighted by molar-refractivity contribution is 0.0724. The van der Waals surface area contributed by atoms with Gasteiger partial charge < -0.3 is 15.8 Å². The van der Waals surface area contributed by atoms with Crippen molar-refractivity contribution in [3.05, 3.63) is 0 Å². The van der Waals surface area contributed by atoms with E-state index in [1.807, 2.05) is 6.92 Å². The maximum absolute atomic E-state index is 5.92. The Kier molecular flexibility index (Phi) is 5.45. The summed E-state index contributed by atoms with van der Waals surface area (Å²) in [6.45, 7) is 5.89. The van der Waals surface area contributed by atoms with Crippen LogP contribution in [-0.2, 0) is 4.74 Å². The van der Waals surface area contributed by atoms with E-state index in [1.54, 1.807) is 0 Å². The van der Waals surface area contributed by atoms with Crippen LogP contribution >= 0.6 is 0 Å². The van der Waals surface area contributed by atoms with Crippen LogP contribution < -0.4 is 11.1 Å². The third kappa shape index (κ3) is 4.40. The molecule has 0 heterocycles. The zero-order valence-electron chi connectivity index (χ0n) is 9.46. The molecule has 1 rings (SSSR count). The minimum atomic E-state index is 0.318. The van der Waals surface area contributed by atoms with Crippen molar-refractivity contribution in [2.75, 3.05) is 13.2 Å². The van der Waals surface area contributed by atoms with Gasteiger partial charge in [-0.2, -0.15) is 0 Å². The first-order valence-corrected chi connectivity index (χ1v) is 5.83. The molecule has 1 saturated carbocycles. The normalized spacial score (nSPS) is 30.2. The van der Waals surface area contributed by atoms with Crippen LogP contribution in [0.3, 0.4) is 0 Å². The number of rotatable bonds is 5. The highest BCUT2D eigenvalue weighted by Crippen LogP contribution is 2.16. The molecular weight excluding hydrogens is 176 g/mol. The van der Waals surface area contributed by atoms with Crippen molar-refractivity contribution in [2.24, 2.45) is 5.73 Å². The highest BCUT2D eigenvalue weighted by atomic mass is 16.5. The molecule has 3 nitrogen and oxygen atoms in total. The van der Waals surface area contributed by atoms with Crippen LogP contribution in [0.25, 0.3) is 0 Å². The first kappa shape index (κ1) is 12.0. The van der Waals surface area contributed by atoms with Gasteiger partial charge in [0.2, 0.25) is 0 Å². The van der Waals surface area contributed by atoms with E-state index in [0.717, 1.165) is 19.6 Å². The molecule has 1 aliphatic rings. The van der Waals surface area contributed by atoms with Gasteiger partial charge in [-0.1, -0.05) is 6.42 Å². The molecule has 0 saturated heterocycles. The maximum Gasteiger partial charge on any atom is 0.0671 e. The van der Waals surface area contributed by atoms with Gasteiger partial charge in [0.25, 0.3) is 0 Å². The molecule has 3 atom stereocenters. The second-order valence-electron chi connectivity index (χ2n) is 4.30. The fourth-order valence-corrected chi connectivity index (χ4v) is 2.09. The van der Waals surface area contributed by atoms with Crippen LogP contribution in [-0.4, -0.2) is 31.3 Å². The SMILES string of the molecule is CCOC(C)CNC1CCCC(N)C1. The standard InChI is InChI=1S/C11H24N2O/c1-3-14-9(2)8-13-11-6-4-5-10(12)7-11/h9-11,13H,3-8,12H2,1-2H3. The van der Waals surface area contributed by atoms with Crippen molar-refractivity contribution in [1.82, 2.24) is 5.32 Å². The summed E-state index contributed by atoms with van der Waals surface area (Å²) >= 11 is 0. The molecule has 1 aliphatic carbocycles. The summed E-state index contributed by atoms with van der Waals surface area (Å²) in [5.74, 6) is 0. The van der Waals surface area contributed by atoms with E-state index in [1.165, 1.54) is 19.3 Å². The highest BCUT2D eigenvalue weighted by Gasteiger charge is 2.18. The van der Waals surface area contributed by atoms with Crippen LogP contribution in [0.15, 0.2) is 0 Å². The molecule has 0 aromatic carbocycles. The van der Waals surface area contributed by atoms with Gasteiger partial charge in [-0.15, -0.1) is 0 Å². The summed E-state index contributed by atoms with van der Waals surface area (Å²) in [5.41, 5.74) is 5.92. The first-order chi connectivity index (χ1) is 6.72. The minimum Gasteiger partial charge on any atom is -0.377 e. The lowest BCUT2D eigenvalue weighted by Gasteiger charge is -2.28. The summed E-state index contributed by atoms with van der Waals surface area (Å²) in [5, 5.41) is 3.53. The van der Waals surface area contributed by atoms with Gasteiger partial charge in [0.15, 0.2) is 0 Å². The van der Waals surface area contributed by atoms with Crippen molar-refractivity contribution in [3.8, 4) is 0 Å². The predicted molar refractivity (Wildman–Crippen MR) is 59.3 cm³/mol. The number of ether oxygens (including phenoxy) is 1. The lowest BCUT2D eigenvalue weighted by atomic mass is 9.91. The third-order valence-electron chi connectivity index (χ3n) is 2.86. The summed E-state index contributed by atoms with van der Waals surface area (Å²) < 4.78 is 5.47. The van der Waals surface area contributed by atoms with Gasteiger partial charge in [-0.25, -0.2) is 0 Å². The van der Waals surface area contributed by atoms with Crippen molar-refractivity contribution in [1.29, 1.82) is 0 Å². The van der Waals surface area contributed by atoms with E-state index in [-0.39, 0.29) is 0 Å². The molecule has 3 heteroatoms. The number of hydrogen-bond acceptors (Lipinski definition) is 3. The molecule has 3 N–H and O–H groups in total. The Morgan fingerprint density at radius 2 is 2.29 bits per heavy atom. The average Bonchev–Trinajstić information content (AvgIpc) is 2.15. The second kappa shape index (κ2) is 6.38. The Labute approximate surface area is 87.4 Å². The molecule has 0 bridgehead atoms. The van der Waals surface area contributed by atoms with Gasteiger partial charge in [-0.3, -0.25) is 0 Å². The van der Waals surface area contributed by atoms with E-state index in [4.69, 9.17) is 10.5 Å². The molecule has 3 unspecified atom stereocenters.